The van der Waals surface area contributed by atoms with E-state index in [1.54, 1.807) is 6.20 Å². The van der Waals surface area contributed by atoms with E-state index in [9.17, 15) is 4.79 Å². The summed E-state index contributed by atoms with van der Waals surface area (Å²) in [5, 5.41) is 0. The molecule has 4 nitrogen and oxygen atoms in total. The smallest absolute Gasteiger partial charge is 0.305 e. The van der Waals surface area contributed by atoms with Gasteiger partial charge in [0.15, 0.2) is 0 Å². The Hall–Kier alpha value is -1.45. The van der Waals surface area contributed by atoms with Crippen molar-refractivity contribution in [2.24, 2.45) is 0 Å². The number of hydrogen-bond acceptors (Lipinski definition) is 4. The van der Waals surface area contributed by atoms with Crippen molar-refractivity contribution in [1.29, 1.82) is 0 Å². The van der Waals surface area contributed by atoms with Gasteiger partial charge in [0.25, 0.3) is 0 Å². The second kappa shape index (κ2) is 5.44. The van der Waals surface area contributed by atoms with Gasteiger partial charge in [-0.05, 0) is 12.0 Å². The zero-order chi connectivity index (χ0) is 11.3. The Bertz CT molecular complexity index is 337. The van der Waals surface area contributed by atoms with Gasteiger partial charge in [-0.25, -0.2) is 9.97 Å². The van der Waals surface area contributed by atoms with E-state index in [2.05, 4.69) is 28.6 Å². The van der Waals surface area contributed by atoms with E-state index in [-0.39, 0.29) is 5.97 Å². The molecule has 1 rings (SSSR count). The second-order valence-electron chi connectivity index (χ2n) is 3.63. The average Bonchev–Trinajstić information content (AvgIpc) is 2.26. The molecule has 0 atom stereocenters. The molecule has 1 aromatic rings. The molecule has 0 N–H and O–H groups in total. The van der Waals surface area contributed by atoms with Gasteiger partial charge in [-0.3, -0.25) is 4.79 Å². The number of rotatable bonds is 4. The first-order valence-electron chi connectivity index (χ1n) is 5.02. The summed E-state index contributed by atoms with van der Waals surface area (Å²) in [6, 6.07) is 1.90. The number of aryl methyl sites for hydroxylation is 1. The van der Waals surface area contributed by atoms with E-state index in [4.69, 9.17) is 0 Å². The molecular formula is C11H16N2O2. The summed E-state index contributed by atoms with van der Waals surface area (Å²) in [5.41, 5.74) is 1.00. The quantitative estimate of drug-likeness (QED) is 0.707. The fraction of sp³-hybridized carbons (Fsp3) is 0.545. The van der Waals surface area contributed by atoms with E-state index in [0.717, 1.165) is 5.69 Å². The van der Waals surface area contributed by atoms with Gasteiger partial charge < -0.3 is 4.74 Å². The molecule has 0 spiro atoms. The first-order valence-corrected chi connectivity index (χ1v) is 5.02. The van der Waals surface area contributed by atoms with Crippen molar-refractivity contribution >= 4 is 5.97 Å². The zero-order valence-electron chi connectivity index (χ0n) is 9.36. The lowest BCUT2D eigenvalue weighted by atomic mass is 10.1. The average molecular weight is 208 g/mol. The van der Waals surface area contributed by atoms with Crippen LogP contribution in [0.1, 0.15) is 37.7 Å². The van der Waals surface area contributed by atoms with Crippen molar-refractivity contribution in [3.63, 3.8) is 0 Å². The van der Waals surface area contributed by atoms with Gasteiger partial charge in [-0.15, -0.1) is 0 Å². The number of methoxy groups -OCH3 is 1. The van der Waals surface area contributed by atoms with E-state index in [1.165, 1.54) is 7.11 Å². The van der Waals surface area contributed by atoms with Crippen LogP contribution in [-0.2, 0) is 16.0 Å². The Labute approximate surface area is 89.7 Å². The predicted molar refractivity (Wildman–Crippen MR) is 56.5 cm³/mol. The van der Waals surface area contributed by atoms with Crippen LogP contribution in [0, 0.1) is 0 Å². The molecule has 0 bridgehead atoms. The van der Waals surface area contributed by atoms with Crippen LogP contribution in [0.25, 0.3) is 0 Å². The Kier molecular flexibility index (Phi) is 4.21. The van der Waals surface area contributed by atoms with Crippen LogP contribution in [0.4, 0.5) is 0 Å². The molecule has 1 aromatic heterocycles. The fourth-order valence-corrected chi connectivity index (χ4v) is 1.17. The molecule has 0 aromatic carbocycles. The number of hydrogen-bond donors (Lipinski definition) is 0. The highest BCUT2D eigenvalue weighted by atomic mass is 16.5. The van der Waals surface area contributed by atoms with Crippen molar-refractivity contribution in [1.82, 2.24) is 9.97 Å². The number of ether oxygens (including phenoxy) is 1. The number of esters is 1. The maximum atomic E-state index is 10.9. The Morgan fingerprint density at radius 2 is 2.27 bits per heavy atom. The van der Waals surface area contributed by atoms with Gasteiger partial charge in [-0.1, -0.05) is 13.8 Å². The second-order valence-corrected chi connectivity index (χ2v) is 3.63. The van der Waals surface area contributed by atoms with Gasteiger partial charge in [0.2, 0.25) is 0 Å². The third kappa shape index (κ3) is 3.65. The molecule has 0 radical (unpaired) electrons. The van der Waals surface area contributed by atoms with Crippen LogP contribution in [0.3, 0.4) is 0 Å². The molecule has 1 heterocycles. The standard InChI is InChI=1S/C11H16N2O2/c1-8(2)9-6-7-12-10(13-9)4-5-11(14)15-3/h6-8H,4-5H2,1-3H3. The lowest BCUT2D eigenvalue weighted by molar-refractivity contribution is -0.140. The lowest BCUT2D eigenvalue weighted by Crippen LogP contribution is -2.06. The normalized spacial score (nSPS) is 10.4. The molecule has 0 saturated heterocycles. The topological polar surface area (TPSA) is 52.1 Å². The Morgan fingerprint density at radius 1 is 1.53 bits per heavy atom. The SMILES string of the molecule is COC(=O)CCc1nccc(C(C)C)n1. The molecule has 0 saturated carbocycles. The number of aromatic nitrogens is 2. The van der Waals surface area contributed by atoms with Crippen molar-refractivity contribution < 1.29 is 9.53 Å². The van der Waals surface area contributed by atoms with Crippen molar-refractivity contribution in [3.8, 4) is 0 Å². The summed E-state index contributed by atoms with van der Waals surface area (Å²) in [5.74, 6) is 0.852. The largest absolute Gasteiger partial charge is 0.469 e. The highest BCUT2D eigenvalue weighted by Gasteiger charge is 2.06. The molecule has 0 aliphatic rings. The Morgan fingerprint density at radius 3 is 2.87 bits per heavy atom. The molecule has 0 aliphatic carbocycles. The third-order valence-electron chi connectivity index (χ3n) is 2.10. The highest BCUT2D eigenvalue weighted by molar-refractivity contribution is 5.69. The van der Waals surface area contributed by atoms with Gasteiger partial charge >= 0.3 is 5.97 Å². The summed E-state index contributed by atoms with van der Waals surface area (Å²) in [6.45, 7) is 4.15. The summed E-state index contributed by atoms with van der Waals surface area (Å²) < 4.78 is 4.56. The summed E-state index contributed by atoms with van der Waals surface area (Å²) in [4.78, 5) is 19.4. The van der Waals surface area contributed by atoms with E-state index >= 15 is 0 Å². The first kappa shape index (κ1) is 11.6. The summed E-state index contributed by atoms with van der Waals surface area (Å²) >= 11 is 0. The number of carbonyl (C=O) groups is 1. The van der Waals surface area contributed by atoms with Gasteiger partial charge in [-0.2, -0.15) is 0 Å². The molecule has 0 amide bonds. The molecule has 0 aliphatic heterocycles. The maximum absolute atomic E-state index is 10.9. The minimum Gasteiger partial charge on any atom is -0.469 e. The van der Waals surface area contributed by atoms with E-state index in [1.807, 2.05) is 6.07 Å². The minimum absolute atomic E-state index is 0.228. The summed E-state index contributed by atoms with van der Waals surface area (Å²) in [7, 11) is 1.38. The fourth-order valence-electron chi connectivity index (χ4n) is 1.17. The third-order valence-corrected chi connectivity index (χ3v) is 2.10. The Balaban J connectivity index is 2.61. The van der Waals surface area contributed by atoms with Crippen LogP contribution in [-0.4, -0.2) is 23.0 Å². The summed E-state index contributed by atoms with van der Waals surface area (Å²) in [6.07, 6.45) is 2.60. The number of carbonyl (C=O) groups excluding carboxylic acids is 1. The molecular weight excluding hydrogens is 192 g/mol. The molecule has 82 valence electrons. The van der Waals surface area contributed by atoms with Gasteiger partial charge in [0, 0.05) is 18.3 Å². The van der Waals surface area contributed by atoms with Crippen LogP contribution < -0.4 is 0 Å². The predicted octanol–water partition coefficient (Wildman–Crippen LogP) is 1.71. The number of nitrogens with zero attached hydrogens (tertiary/aromatic N) is 2. The zero-order valence-corrected chi connectivity index (χ0v) is 9.36. The monoisotopic (exact) mass is 208 g/mol. The lowest BCUT2D eigenvalue weighted by Gasteiger charge is -2.05. The molecule has 0 fully saturated rings. The molecule has 0 unspecified atom stereocenters. The highest BCUT2D eigenvalue weighted by Crippen LogP contribution is 2.10. The van der Waals surface area contributed by atoms with E-state index in [0.29, 0.717) is 24.6 Å². The molecule has 4 heteroatoms. The maximum Gasteiger partial charge on any atom is 0.305 e. The van der Waals surface area contributed by atoms with Crippen molar-refractivity contribution in [3.05, 3.63) is 23.8 Å². The van der Waals surface area contributed by atoms with Crippen LogP contribution in [0.5, 0.6) is 0 Å². The van der Waals surface area contributed by atoms with Gasteiger partial charge in [0.1, 0.15) is 5.82 Å². The van der Waals surface area contributed by atoms with Crippen LogP contribution >= 0.6 is 0 Å². The van der Waals surface area contributed by atoms with Gasteiger partial charge in [0.05, 0.1) is 13.5 Å². The minimum atomic E-state index is -0.228. The van der Waals surface area contributed by atoms with Crippen LogP contribution in [0.15, 0.2) is 12.3 Å². The van der Waals surface area contributed by atoms with Crippen LogP contribution in [0.2, 0.25) is 0 Å². The molecule has 15 heavy (non-hydrogen) atoms. The van der Waals surface area contributed by atoms with Crippen molar-refractivity contribution in [2.45, 2.75) is 32.6 Å². The first-order chi connectivity index (χ1) is 7.13. The van der Waals surface area contributed by atoms with Crippen molar-refractivity contribution in [2.75, 3.05) is 7.11 Å². The van der Waals surface area contributed by atoms with E-state index < -0.39 is 0 Å².